The Morgan fingerprint density at radius 1 is 0.767 bits per heavy atom. The maximum absolute atomic E-state index is 6.41. The molecule has 0 aliphatic rings. The van der Waals surface area contributed by atoms with Crippen molar-refractivity contribution in [2.75, 3.05) is 0 Å². The largest absolute Gasteiger partial charge is 0.251 e. The van der Waals surface area contributed by atoms with Crippen molar-refractivity contribution in [2.24, 2.45) is 9.98 Å². The van der Waals surface area contributed by atoms with Crippen LogP contribution in [0.1, 0.15) is 55.8 Å². The number of benzene rings is 2. The van der Waals surface area contributed by atoms with Gasteiger partial charge in [0.1, 0.15) is 0 Å². The van der Waals surface area contributed by atoms with Gasteiger partial charge in [-0.3, -0.25) is 4.99 Å². The topological polar surface area (TPSA) is 37.6 Å². The summed E-state index contributed by atoms with van der Waals surface area (Å²) in [7, 11) is 0. The average molecular weight is 418 g/mol. The van der Waals surface area contributed by atoms with Crippen LogP contribution in [0.25, 0.3) is 0 Å². The molecule has 0 saturated carbocycles. The fourth-order valence-corrected chi connectivity index (χ4v) is 3.66. The third-order valence-electron chi connectivity index (χ3n) is 5.20. The van der Waals surface area contributed by atoms with Crippen LogP contribution in [0, 0.1) is 6.92 Å². The van der Waals surface area contributed by atoms with E-state index in [1.165, 1.54) is 11.1 Å². The summed E-state index contributed by atoms with van der Waals surface area (Å²) in [6.07, 6.45) is 1.83. The van der Waals surface area contributed by atoms with Gasteiger partial charge in [0.2, 0.25) is 0 Å². The molecule has 3 nitrogen and oxygen atoms in total. The Bertz CT molecular complexity index is 1030. The highest BCUT2D eigenvalue weighted by Gasteiger charge is 2.09. The van der Waals surface area contributed by atoms with Crippen molar-refractivity contribution < 1.29 is 0 Å². The lowest BCUT2D eigenvalue weighted by Crippen LogP contribution is -2.05. The Morgan fingerprint density at radius 2 is 1.27 bits per heavy atom. The van der Waals surface area contributed by atoms with Gasteiger partial charge >= 0.3 is 0 Å². The van der Waals surface area contributed by atoms with E-state index in [0.29, 0.717) is 5.02 Å². The molecule has 0 aliphatic carbocycles. The quantitative estimate of drug-likeness (QED) is 0.383. The van der Waals surface area contributed by atoms with Crippen LogP contribution in [0.3, 0.4) is 0 Å². The summed E-state index contributed by atoms with van der Waals surface area (Å²) in [6, 6.07) is 18.2. The average Bonchev–Trinajstić information content (AvgIpc) is 2.76. The van der Waals surface area contributed by atoms with Crippen molar-refractivity contribution in [3.8, 4) is 0 Å². The Labute approximate surface area is 184 Å². The molecular weight excluding hydrogens is 390 g/mol. The van der Waals surface area contributed by atoms with E-state index >= 15 is 0 Å². The van der Waals surface area contributed by atoms with Gasteiger partial charge in [-0.25, -0.2) is 9.98 Å². The number of halogens is 1. The first-order chi connectivity index (χ1) is 14.4. The molecule has 0 bridgehead atoms. The van der Waals surface area contributed by atoms with Crippen LogP contribution >= 0.6 is 11.6 Å². The van der Waals surface area contributed by atoms with Gasteiger partial charge in [0.25, 0.3) is 0 Å². The molecule has 0 fully saturated rings. The minimum Gasteiger partial charge on any atom is -0.251 e. The Morgan fingerprint density at radius 3 is 1.87 bits per heavy atom. The lowest BCUT2D eigenvalue weighted by atomic mass is 10.1. The second-order valence-corrected chi connectivity index (χ2v) is 7.75. The predicted octanol–water partition coefficient (Wildman–Crippen LogP) is 7.45. The molecule has 3 aromatic rings. The zero-order valence-electron chi connectivity index (χ0n) is 18.3. The number of aryl methyl sites for hydroxylation is 3. The van der Waals surface area contributed by atoms with Gasteiger partial charge in [-0.15, -0.1) is 0 Å². The molecular formula is C26H28ClN3. The highest BCUT2D eigenvalue weighted by Crippen LogP contribution is 2.30. The highest BCUT2D eigenvalue weighted by molar-refractivity contribution is 6.33. The molecule has 1 aromatic heterocycles. The molecule has 0 aliphatic heterocycles. The van der Waals surface area contributed by atoms with Crippen LogP contribution in [0.15, 0.2) is 64.6 Å². The molecule has 154 valence electrons. The van der Waals surface area contributed by atoms with Crippen LogP contribution < -0.4 is 0 Å². The molecule has 1 heterocycles. The molecule has 3 rings (SSSR count). The third kappa shape index (κ3) is 4.85. The normalized spacial score (nSPS) is 12.3. The zero-order valence-corrected chi connectivity index (χ0v) is 19.1. The van der Waals surface area contributed by atoms with Crippen molar-refractivity contribution in [3.63, 3.8) is 0 Å². The van der Waals surface area contributed by atoms with Gasteiger partial charge in [0.15, 0.2) is 0 Å². The number of aromatic nitrogens is 1. The second-order valence-electron chi connectivity index (χ2n) is 7.34. The molecule has 0 amide bonds. The smallest absolute Gasteiger partial charge is 0.0851 e. The summed E-state index contributed by atoms with van der Waals surface area (Å²) in [5.41, 5.74) is 8.80. The number of para-hydroxylation sites is 2. The van der Waals surface area contributed by atoms with E-state index in [1.54, 1.807) is 0 Å². The predicted molar refractivity (Wildman–Crippen MR) is 129 cm³/mol. The van der Waals surface area contributed by atoms with E-state index in [4.69, 9.17) is 26.6 Å². The number of hydrogen-bond donors (Lipinski definition) is 0. The van der Waals surface area contributed by atoms with Gasteiger partial charge in [-0.2, -0.15) is 0 Å². The van der Waals surface area contributed by atoms with Crippen molar-refractivity contribution in [2.45, 2.75) is 47.5 Å². The van der Waals surface area contributed by atoms with Gasteiger partial charge in [-0.1, -0.05) is 61.8 Å². The second kappa shape index (κ2) is 9.82. The standard InChI is InChI=1S/C26H28ClN3/c1-6-20-12-8-11-17(3)25(20)28-18(4)23-15-10-16-24(30-23)19(5)29-26-21(7-2)13-9-14-22(26)27/h8-16H,6-7H2,1-5H3/b28-18+,29-19+. The maximum Gasteiger partial charge on any atom is 0.0851 e. The van der Waals surface area contributed by atoms with E-state index in [0.717, 1.165) is 52.6 Å². The third-order valence-corrected chi connectivity index (χ3v) is 5.51. The fraction of sp³-hybridized carbons (Fsp3) is 0.269. The summed E-state index contributed by atoms with van der Waals surface area (Å²) < 4.78 is 0. The van der Waals surface area contributed by atoms with Crippen molar-refractivity contribution in [1.29, 1.82) is 0 Å². The lowest BCUT2D eigenvalue weighted by Gasteiger charge is -2.10. The van der Waals surface area contributed by atoms with E-state index < -0.39 is 0 Å². The first-order valence-corrected chi connectivity index (χ1v) is 10.8. The minimum atomic E-state index is 0.661. The van der Waals surface area contributed by atoms with Gasteiger partial charge < -0.3 is 0 Å². The molecule has 2 aromatic carbocycles. The van der Waals surface area contributed by atoms with Crippen molar-refractivity contribution >= 4 is 34.4 Å². The Kier molecular flexibility index (Phi) is 7.17. The van der Waals surface area contributed by atoms with Gasteiger partial charge in [0.05, 0.1) is 39.2 Å². The molecule has 0 radical (unpaired) electrons. The Balaban J connectivity index is 1.99. The molecule has 4 heteroatoms. The summed E-state index contributed by atoms with van der Waals surface area (Å²) in [5.74, 6) is 0. The maximum atomic E-state index is 6.41. The summed E-state index contributed by atoms with van der Waals surface area (Å²) in [6.45, 7) is 10.3. The first kappa shape index (κ1) is 21.9. The Hall–Kier alpha value is -2.78. The number of hydrogen-bond acceptors (Lipinski definition) is 3. The lowest BCUT2D eigenvalue weighted by molar-refractivity contribution is 1.12. The monoisotopic (exact) mass is 417 g/mol. The molecule has 0 saturated heterocycles. The molecule has 0 unspecified atom stereocenters. The first-order valence-electron chi connectivity index (χ1n) is 10.4. The molecule has 0 N–H and O–H groups in total. The van der Waals surface area contributed by atoms with Crippen molar-refractivity contribution in [1.82, 2.24) is 4.98 Å². The molecule has 0 atom stereocenters. The summed E-state index contributed by atoms with van der Waals surface area (Å²) in [4.78, 5) is 14.6. The van der Waals surface area contributed by atoms with Crippen LogP contribution in [0.2, 0.25) is 5.02 Å². The zero-order chi connectivity index (χ0) is 21.7. The number of nitrogens with zero attached hydrogens (tertiary/aromatic N) is 3. The van der Waals surface area contributed by atoms with Crippen LogP contribution in [0.4, 0.5) is 11.4 Å². The van der Waals surface area contributed by atoms with Gasteiger partial charge in [-0.05, 0) is 68.5 Å². The summed E-state index contributed by atoms with van der Waals surface area (Å²) in [5, 5.41) is 0.661. The number of rotatable bonds is 6. The summed E-state index contributed by atoms with van der Waals surface area (Å²) >= 11 is 6.41. The van der Waals surface area contributed by atoms with E-state index in [2.05, 4.69) is 45.0 Å². The van der Waals surface area contributed by atoms with Crippen LogP contribution in [-0.4, -0.2) is 16.4 Å². The highest BCUT2D eigenvalue weighted by atomic mass is 35.5. The number of pyridine rings is 1. The molecule has 0 spiro atoms. The van der Waals surface area contributed by atoms with Crippen LogP contribution in [0.5, 0.6) is 0 Å². The number of aliphatic imine (C=N–C) groups is 2. The fourth-order valence-electron chi connectivity index (χ4n) is 3.42. The van der Waals surface area contributed by atoms with E-state index in [-0.39, 0.29) is 0 Å². The SMILES string of the molecule is CCc1cccc(C)c1/N=C(\C)c1cccc(/C(C)=N/c2c(Cl)cccc2CC)n1. The van der Waals surface area contributed by atoms with Gasteiger partial charge in [0, 0.05) is 0 Å². The minimum absolute atomic E-state index is 0.661. The van der Waals surface area contributed by atoms with Crippen molar-refractivity contribution in [3.05, 3.63) is 87.7 Å². The van der Waals surface area contributed by atoms with E-state index in [9.17, 15) is 0 Å². The van der Waals surface area contributed by atoms with E-state index in [1.807, 2.05) is 44.2 Å². The van der Waals surface area contributed by atoms with Crippen LogP contribution in [-0.2, 0) is 12.8 Å². The molecule has 30 heavy (non-hydrogen) atoms.